The highest BCUT2D eigenvalue weighted by atomic mass is 32.2. The molecule has 7 heteroatoms. The SMILES string of the molecule is COc1ccc([C@@H]2SC[C@@H](C(=O)NC3CCCCCC3)N2C(=O)Nc2ccc(C)c(C)c2)cc1. The van der Waals surface area contributed by atoms with Crippen LogP contribution in [0.25, 0.3) is 0 Å². The van der Waals surface area contributed by atoms with Gasteiger partial charge >= 0.3 is 6.03 Å². The van der Waals surface area contributed by atoms with E-state index in [1.807, 2.05) is 56.3 Å². The topological polar surface area (TPSA) is 70.7 Å². The molecular formula is C27H35N3O3S. The number of methoxy groups -OCH3 is 1. The van der Waals surface area contributed by atoms with Crippen LogP contribution in [0.3, 0.4) is 0 Å². The van der Waals surface area contributed by atoms with Gasteiger partial charge in [0.05, 0.1) is 7.11 Å². The zero-order chi connectivity index (χ0) is 24.1. The monoisotopic (exact) mass is 481 g/mol. The van der Waals surface area contributed by atoms with Crippen molar-refractivity contribution in [3.05, 3.63) is 59.2 Å². The molecule has 2 aromatic carbocycles. The van der Waals surface area contributed by atoms with Crippen molar-refractivity contribution >= 4 is 29.4 Å². The Morgan fingerprint density at radius 1 is 0.971 bits per heavy atom. The zero-order valence-corrected chi connectivity index (χ0v) is 21.1. The highest BCUT2D eigenvalue weighted by Crippen LogP contribution is 2.42. The molecule has 6 nitrogen and oxygen atoms in total. The summed E-state index contributed by atoms with van der Waals surface area (Å²) in [6.45, 7) is 4.07. The molecule has 0 unspecified atom stereocenters. The molecule has 3 amide bonds. The number of carbonyl (C=O) groups excluding carboxylic acids is 2. The van der Waals surface area contributed by atoms with Gasteiger partial charge in [0.25, 0.3) is 0 Å². The van der Waals surface area contributed by atoms with Crippen LogP contribution in [0.2, 0.25) is 0 Å². The number of amides is 3. The minimum atomic E-state index is -0.521. The lowest BCUT2D eigenvalue weighted by Gasteiger charge is -2.30. The minimum absolute atomic E-state index is 0.0503. The number of hydrogen-bond acceptors (Lipinski definition) is 4. The van der Waals surface area contributed by atoms with E-state index in [0.717, 1.165) is 48.2 Å². The second-order valence-corrected chi connectivity index (χ2v) is 10.4. The molecule has 2 aliphatic rings. The number of rotatable bonds is 5. The molecule has 1 aliphatic carbocycles. The van der Waals surface area contributed by atoms with Gasteiger partial charge < -0.3 is 15.4 Å². The molecule has 4 rings (SSSR count). The fourth-order valence-corrected chi connectivity index (χ4v) is 6.14. The fourth-order valence-electron chi connectivity index (χ4n) is 4.71. The number of urea groups is 1. The van der Waals surface area contributed by atoms with E-state index >= 15 is 0 Å². The van der Waals surface area contributed by atoms with Crippen LogP contribution in [-0.2, 0) is 4.79 Å². The molecule has 2 aromatic rings. The predicted octanol–water partition coefficient (Wildman–Crippen LogP) is 5.80. The van der Waals surface area contributed by atoms with E-state index in [1.54, 1.807) is 23.8 Å². The minimum Gasteiger partial charge on any atom is -0.497 e. The first-order chi connectivity index (χ1) is 16.5. The Bertz CT molecular complexity index is 1000. The molecule has 1 heterocycles. The van der Waals surface area contributed by atoms with Crippen molar-refractivity contribution in [1.29, 1.82) is 0 Å². The summed E-state index contributed by atoms with van der Waals surface area (Å²) in [7, 11) is 1.64. The second-order valence-electron chi connectivity index (χ2n) is 9.31. The van der Waals surface area contributed by atoms with Crippen molar-refractivity contribution in [3.63, 3.8) is 0 Å². The highest BCUT2D eigenvalue weighted by Gasteiger charge is 2.43. The molecule has 0 spiro atoms. The molecule has 0 bridgehead atoms. The van der Waals surface area contributed by atoms with Crippen molar-refractivity contribution in [3.8, 4) is 5.75 Å². The van der Waals surface area contributed by atoms with Crippen molar-refractivity contribution in [2.45, 2.75) is 69.8 Å². The van der Waals surface area contributed by atoms with Crippen LogP contribution in [0.15, 0.2) is 42.5 Å². The first kappa shape index (κ1) is 24.5. The van der Waals surface area contributed by atoms with Crippen molar-refractivity contribution in [2.24, 2.45) is 0 Å². The molecule has 0 aromatic heterocycles. The number of benzene rings is 2. The van der Waals surface area contributed by atoms with Crippen LogP contribution in [0.5, 0.6) is 5.75 Å². The molecule has 1 saturated carbocycles. The van der Waals surface area contributed by atoms with E-state index in [4.69, 9.17) is 4.74 Å². The van der Waals surface area contributed by atoms with Gasteiger partial charge in [0.2, 0.25) is 5.91 Å². The maximum absolute atomic E-state index is 13.6. The molecule has 1 aliphatic heterocycles. The normalized spacial score (nSPS) is 21.1. The molecule has 2 fully saturated rings. The Hall–Kier alpha value is -2.67. The third-order valence-corrected chi connectivity index (χ3v) is 8.22. The van der Waals surface area contributed by atoms with E-state index in [2.05, 4.69) is 10.6 Å². The third kappa shape index (κ3) is 5.69. The van der Waals surface area contributed by atoms with Gasteiger partial charge in [-0.3, -0.25) is 9.69 Å². The number of aryl methyl sites for hydroxylation is 2. The molecule has 2 N–H and O–H groups in total. The van der Waals surface area contributed by atoms with E-state index in [-0.39, 0.29) is 23.4 Å². The number of thioether (sulfide) groups is 1. The Morgan fingerprint density at radius 2 is 1.68 bits per heavy atom. The van der Waals surface area contributed by atoms with Crippen LogP contribution < -0.4 is 15.4 Å². The Labute approximate surface area is 206 Å². The van der Waals surface area contributed by atoms with Gasteiger partial charge in [-0.2, -0.15) is 0 Å². The van der Waals surface area contributed by atoms with Crippen LogP contribution in [0.1, 0.15) is 60.6 Å². The van der Waals surface area contributed by atoms with E-state index in [9.17, 15) is 9.59 Å². The second kappa shape index (κ2) is 11.2. The Balaban J connectivity index is 1.56. The van der Waals surface area contributed by atoms with Gasteiger partial charge in [0.1, 0.15) is 17.2 Å². The summed E-state index contributed by atoms with van der Waals surface area (Å²) in [5.74, 6) is 1.28. The lowest BCUT2D eigenvalue weighted by Crippen LogP contribution is -2.51. The lowest BCUT2D eigenvalue weighted by molar-refractivity contribution is -0.125. The molecule has 2 atom stereocenters. The molecule has 182 valence electrons. The summed E-state index contributed by atoms with van der Waals surface area (Å²) in [6.07, 6.45) is 6.79. The molecule has 34 heavy (non-hydrogen) atoms. The number of nitrogens with zero attached hydrogens (tertiary/aromatic N) is 1. The highest BCUT2D eigenvalue weighted by molar-refractivity contribution is 7.99. The standard InChI is InChI=1S/C27H35N3O3S/c1-18-10-13-22(16-19(18)2)29-27(32)30-24(25(31)28-21-8-6-4-5-7-9-21)17-34-26(30)20-11-14-23(33-3)15-12-20/h10-16,21,24,26H,4-9,17H2,1-3H3,(H,28,31)(H,29,32)/t24-,26-/m0/s1. The van der Waals surface area contributed by atoms with Crippen molar-refractivity contribution < 1.29 is 14.3 Å². The van der Waals surface area contributed by atoms with Crippen LogP contribution in [-0.4, -0.2) is 41.8 Å². The number of carbonyl (C=O) groups is 2. The summed E-state index contributed by atoms with van der Waals surface area (Å²) >= 11 is 1.63. The molecule has 1 saturated heterocycles. The Kier molecular flexibility index (Phi) is 8.03. The van der Waals surface area contributed by atoms with E-state index in [1.165, 1.54) is 18.4 Å². The smallest absolute Gasteiger partial charge is 0.323 e. The van der Waals surface area contributed by atoms with Gasteiger partial charge in [-0.05, 0) is 67.6 Å². The van der Waals surface area contributed by atoms with E-state index < -0.39 is 6.04 Å². The number of nitrogens with one attached hydrogen (secondary N) is 2. The van der Waals surface area contributed by atoms with Crippen molar-refractivity contribution in [2.75, 3.05) is 18.2 Å². The number of anilines is 1. The van der Waals surface area contributed by atoms with Crippen LogP contribution in [0, 0.1) is 13.8 Å². The van der Waals surface area contributed by atoms with Gasteiger partial charge in [0, 0.05) is 17.5 Å². The van der Waals surface area contributed by atoms with Gasteiger partial charge in [-0.1, -0.05) is 43.9 Å². The average molecular weight is 482 g/mol. The summed E-state index contributed by atoms with van der Waals surface area (Å²) < 4.78 is 5.30. The maximum Gasteiger partial charge on any atom is 0.323 e. The van der Waals surface area contributed by atoms with Gasteiger partial charge in [0.15, 0.2) is 0 Å². The molecule has 0 radical (unpaired) electrons. The summed E-state index contributed by atoms with van der Waals surface area (Å²) in [6, 6.07) is 13.0. The first-order valence-corrected chi connectivity index (χ1v) is 13.2. The zero-order valence-electron chi connectivity index (χ0n) is 20.3. The first-order valence-electron chi connectivity index (χ1n) is 12.2. The van der Waals surface area contributed by atoms with Gasteiger partial charge in [-0.15, -0.1) is 11.8 Å². The van der Waals surface area contributed by atoms with Gasteiger partial charge in [-0.25, -0.2) is 4.79 Å². The largest absolute Gasteiger partial charge is 0.497 e. The average Bonchev–Trinajstić information content (AvgIpc) is 3.13. The summed E-state index contributed by atoms with van der Waals surface area (Å²) in [5.41, 5.74) is 4.00. The fraction of sp³-hybridized carbons (Fsp3) is 0.481. The molecular weight excluding hydrogens is 446 g/mol. The van der Waals surface area contributed by atoms with E-state index in [0.29, 0.717) is 5.75 Å². The number of hydrogen-bond donors (Lipinski definition) is 2. The third-order valence-electron chi connectivity index (χ3n) is 6.90. The maximum atomic E-state index is 13.6. The lowest BCUT2D eigenvalue weighted by atomic mass is 10.1. The number of ether oxygens (including phenoxy) is 1. The predicted molar refractivity (Wildman–Crippen MR) is 138 cm³/mol. The Morgan fingerprint density at radius 3 is 2.32 bits per heavy atom. The summed E-state index contributed by atoms with van der Waals surface area (Å²) in [4.78, 5) is 28.7. The van der Waals surface area contributed by atoms with Crippen molar-refractivity contribution in [1.82, 2.24) is 10.2 Å². The van der Waals surface area contributed by atoms with Crippen LogP contribution in [0.4, 0.5) is 10.5 Å². The summed E-state index contributed by atoms with van der Waals surface area (Å²) in [5, 5.41) is 6.06. The quantitative estimate of drug-likeness (QED) is 0.530. The van der Waals surface area contributed by atoms with Crippen LogP contribution >= 0.6 is 11.8 Å².